The van der Waals surface area contributed by atoms with Crippen LogP contribution in [0.5, 0.6) is 0 Å². The normalized spacial score (nSPS) is 14.9. The summed E-state index contributed by atoms with van der Waals surface area (Å²) < 4.78 is 4.71. The van der Waals surface area contributed by atoms with Gasteiger partial charge < -0.3 is 20.3 Å². The van der Waals surface area contributed by atoms with Crippen molar-refractivity contribution in [2.75, 3.05) is 39.3 Å². The Morgan fingerprint density at radius 1 is 1.21 bits per heavy atom. The van der Waals surface area contributed by atoms with Crippen LogP contribution in [-0.4, -0.2) is 62.0 Å². The molecule has 0 saturated carbocycles. The highest BCUT2D eigenvalue weighted by atomic mass is 16.5. The fraction of sp³-hybridized carbons (Fsp3) is 0.750. The summed E-state index contributed by atoms with van der Waals surface area (Å²) >= 11 is 0. The van der Waals surface area contributed by atoms with E-state index in [1.807, 2.05) is 0 Å². The third-order valence-electron chi connectivity index (χ3n) is 2.77. The molecule has 0 aromatic rings. The SMILES string of the molecule is CCOC(=O)CCC(=O)NCC(=O)N1CCNCC1. The van der Waals surface area contributed by atoms with Crippen molar-refractivity contribution in [3.05, 3.63) is 0 Å². The zero-order valence-electron chi connectivity index (χ0n) is 11.2. The maximum absolute atomic E-state index is 11.7. The van der Waals surface area contributed by atoms with Crippen molar-refractivity contribution >= 4 is 17.8 Å². The molecule has 0 spiro atoms. The quantitative estimate of drug-likeness (QED) is 0.597. The van der Waals surface area contributed by atoms with Gasteiger partial charge in [-0.2, -0.15) is 0 Å². The van der Waals surface area contributed by atoms with Crippen LogP contribution in [0.15, 0.2) is 0 Å². The molecule has 0 atom stereocenters. The summed E-state index contributed by atoms with van der Waals surface area (Å²) in [5.74, 6) is -0.798. The fourth-order valence-electron chi connectivity index (χ4n) is 1.74. The van der Waals surface area contributed by atoms with Crippen LogP contribution in [0.3, 0.4) is 0 Å². The second kappa shape index (κ2) is 8.47. The summed E-state index contributed by atoms with van der Waals surface area (Å²) in [6.45, 7) is 4.90. The Bertz CT molecular complexity index is 327. The van der Waals surface area contributed by atoms with Gasteiger partial charge in [-0.05, 0) is 6.92 Å². The average Bonchev–Trinajstić information content (AvgIpc) is 2.44. The van der Waals surface area contributed by atoms with Crippen LogP contribution in [0.1, 0.15) is 19.8 Å². The van der Waals surface area contributed by atoms with Gasteiger partial charge in [-0.1, -0.05) is 0 Å². The molecule has 1 aliphatic rings. The lowest BCUT2D eigenvalue weighted by Crippen LogP contribution is -2.49. The number of ether oxygens (including phenoxy) is 1. The Labute approximate surface area is 112 Å². The van der Waals surface area contributed by atoms with Gasteiger partial charge in [0, 0.05) is 32.6 Å². The predicted octanol–water partition coefficient (Wildman–Crippen LogP) is -1.12. The zero-order chi connectivity index (χ0) is 14.1. The van der Waals surface area contributed by atoms with Crippen LogP contribution < -0.4 is 10.6 Å². The van der Waals surface area contributed by atoms with Crippen molar-refractivity contribution in [2.24, 2.45) is 0 Å². The van der Waals surface area contributed by atoms with E-state index in [1.54, 1.807) is 11.8 Å². The molecule has 7 heteroatoms. The lowest BCUT2D eigenvalue weighted by Gasteiger charge is -2.27. The van der Waals surface area contributed by atoms with Crippen molar-refractivity contribution < 1.29 is 19.1 Å². The average molecular weight is 271 g/mol. The highest BCUT2D eigenvalue weighted by molar-refractivity contribution is 5.86. The van der Waals surface area contributed by atoms with Gasteiger partial charge in [0.15, 0.2) is 0 Å². The number of hydrogen-bond acceptors (Lipinski definition) is 5. The van der Waals surface area contributed by atoms with Crippen LogP contribution in [-0.2, 0) is 19.1 Å². The first-order valence-electron chi connectivity index (χ1n) is 6.54. The van der Waals surface area contributed by atoms with Gasteiger partial charge in [-0.3, -0.25) is 14.4 Å². The van der Waals surface area contributed by atoms with E-state index in [0.717, 1.165) is 13.1 Å². The second-order valence-corrected chi connectivity index (χ2v) is 4.21. The molecular formula is C12H21N3O4. The number of carbonyl (C=O) groups excluding carboxylic acids is 3. The molecular weight excluding hydrogens is 250 g/mol. The molecule has 0 aromatic carbocycles. The van der Waals surface area contributed by atoms with Gasteiger partial charge in [0.25, 0.3) is 0 Å². The third kappa shape index (κ3) is 6.19. The molecule has 2 amide bonds. The number of rotatable bonds is 6. The Balaban J connectivity index is 2.15. The molecule has 1 heterocycles. The maximum Gasteiger partial charge on any atom is 0.306 e. The molecule has 1 rings (SSSR count). The zero-order valence-corrected chi connectivity index (χ0v) is 11.2. The van der Waals surface area contributed by atoms with Crippen molar-refractivity contribution in [1.82, 2.24) is 15.5 Å². The third-order valence-corrected chi connectivity index (χ3v) is 2.77. The minimum Gasteiger partial charge on any atom is -0.466 e. The number of amides is 2. The smallest absolute Gasteiger partial charge is 0.306 e. The number of hydrogen-bond donors (Lipinski definition) is 2. The molecule has 0 radical (unpaired) electrons. The second-order valence-electron chi connectivity index (χ2n) is 4.21. The van der Waals surface area contributed by atoms with Crippen LogP contribution in [0.4, 0.5) is 0 Å². The van der Waals surface area contributed by atoms with Crippen molar-refractivity contribution in [1.29, 1.82) is 0 Å². The van der Waals surface area contributed by atoms with E-state index in [-0.39, 0.29) is 31.2 Å². The Kier molecular flexibility index (Phi) is 6.88. The van der Waals surface area contributed by atoms with E-state index in [9.17, 15) is 14.4 Å². The summed E-state index contributed by atoms with van der Waals surface area (Å²) in [7, 11) is 0. The molecule has 0 aliphatic carbocycles. The Morgan fingerprint density at radius 2 is 1.89 bits per heavy atom. The summed E-state index contributed by atoms with van der Waals surface area (Å²) in [6.07, 6.45) is 0.0924. The number of piperazine rings is 1. The van der Waals surface area contributed by atoms with Crippen molar-refractivity contribution in [2.45, 2.75) is 19.8 Å². The van der Waals surface area contributed by atoms with E-state index in [4.69, 9.17) is 4.74 Å². The molecule has 0 unspecified atom stereocenters. The van der Waals surface area contributed by atoms with E-state index in [0.29, 0.717) is 19.7 Å². The number of nitrogens with one attached hydrogen (secondary N) is 2. The fourth-order valence-corrected chi connectivity index (χ4v) is 1.74. The predicted molar refractivity (Wildman–Crippen MR) is 68.3 cm³/mol. The summed E-state index contributed by atoms with van der Waals surface area (Å²) in [4.78, 5) is 35.9. The summed E-state index contributed by atoms with van der Waals surface area (Å²) in [6, 6.07) is 0. The minimum atomic E-state index is -0.397. The Morgan fingerprint density at radius 3 is 2.53 bits per heavy atom. The topological polar surface area (TPSA) is 87.7 Å². The van der Waals surface area contributed by atoms with Crippen LogP contribution in [0.25, 0.3) is 0 Å². The van der Waals surface area contributed by atoms with Crippen LogP contribution in [0, 0.1) is 0 Å². The molecule has 0 bridgehead atoms. The monoisotopic (exact) mass is 271 g/mol. The molecule has 1 fully saturated rings. The van der Waals surface area contributed by atoms with Crippen molar-refractivity contribution in [3.63, 3.8) is 0 Å². The van der Waals surface area contributed by atoms with E-state index >= 15 is 0 Å². The van der Waals surface area contributed by atoms with Gasteiger partial charge in [0.1, 0.15) is 0 Å². The van der Waals surface area contributed by atoms with Crippen molar-refractivity contribution in [3.8, 4) is 0 Å². The highest BCUT2D eigenvalue weighted by Crippen LogP contribution is 1.95. The van der Waals surface area contributed by atoms with Gasteiger partial charge in [0.2, 0.25) is 11.8 Å². The molecule has 1 saturated heterocycles. The molecule has 7 nitrogen and oxygen atoms in total. The lowest BCUT2D eigenvalue weighted by atomic mass is 10.3. The summed E-state index contributed by atoms with van der Waals surface area (Å²) in [5, 5.41) is 5.67. The Hall–Kier alpha value is -1.63. The number of carbonyl (C=O) groups is 3. The van der Waals surface area contributed by atoms with E-state index in [1.165, 1.54) is 0 Å². The minimum absolute atomic E-state index is 0.0122. The molecule has 2 N–H and O–H groups in total. The lowest BCUT2D eigenvalue weighted by molar-refractivity contribution is -0.144. The first kappa shape index (κ1) is 15.4. The molecule has 1 aliphatic heterocycles. The van der Waals surface area contributed by atoms with Crippen LogP contribution in [0.2, 0.25) is 0 Å². The standard InChI is InChI=1S/C12H21N3O4/c1-2-19-12(18)4-3-10(16)14-9-11(17)15-7-5-13-6-8-15/h13H,2-9H2,1H3,(H,14,16). The molecule has 108 valence electrons. The van der Waals surface area contributed by atoms with E-state index < -0.39 is 5.97 Å². The number of nitrogens with zero attached hydrogens (tertiary/aromatic N) is 1. The first-order valence-corrected chi connectivity index (χ1v) is 6.54. The van der Waals surface area contributed by atoms with Gasteiger partial charge >= 0.3 is 5.97 Å². The summed E-state index contributed by atoms with van der Waals surface area (Å²) in [5.41, 5.74) is 0. The van der Waals surface area contributed by atoms with Gasteiger partial charge in [0.05, 0.1) is 19.6 Å². The molecule has 0 aromatic heterocycles. The van der Waals surface area contributed by atoms with Gasteiger partial charge in [-0.15, -0.1) is 0 Å². The van der Waals surface area contributed by atoms with Crippen LogP contribution >= 0.6 is 0 Å². The van der Waals surface area contributed by atoms with E-state index in [2.05, 4.69) is 10.6 Å². The highest BCUT2D eigenvalue weighted by Gasteiger charge is 2.16. The molecule has 19 heavy (non-hydrogen) atoms. The maximum atomic E-state index is 11.7. The largest absolute Gasteiger partial charge is 0.466 e. The first-order chi connectivity index (χ1) is 9.13. The number of esters is 1. The van der Waals surface area contributed by atoms with Gasteiger partial charge in [-0.25, -0.2) is 0 Å².